The van der Waals surface area contributed by atoms with Crippen molar-refractivity contribution in [2.45, 2.75) is 26.2 Å². The zero-order chi connectivity index (χ0) is 17.6. The van der Waals surface area contributed by atoms with Crippen LogP contribution in [0.15, 0.2) is 24.3 Å². The van der Waals surface area contributed by atoms with Gasteiger partial charge >= 0.3 is 0 Å². The smallest absolute Gasteiger partial charge is 0.223 e. The predicted molar refractivity (Wildman–Crippen MR) is 103 cm³/mol. The van der Waals surface area contributed by atoms with E-state index in [0.717, 1.165) is 50.0 Å². The van der Waals surface area contributed by atoms with Gasteiger partial charge in [-0.1, -0.05) is 29.8 Å². The fourth-order valence-corrected chi connectivity index (χ4v) is 3.83. The Kier molecular flexibility index (Phi) is 6.26. The number of benzene rings is 1. The van der Waals surface area contributed by atoms with Gasteiger partial charge in [-0.15, -0.1) is 11.6 Å². The van der Waals surface area contributed by atoms with Crippen LogP contribution in [0.1, 0.15) is 29.8 Å². The van der Waals surface area contributed by atoms with Crippen LogP contribution in [0.25, 0.3) is 0 Å². The molecule has 0 atom stereocenters. The minimum atomic E-state index is 0.147. The highest BCUT2D eigenvalue weighted by Crippen LogP contribution is 2.21. The van der Waals surface area contributed by atoms with Crippen LogP contribution >= 0.6 is 23.1 Å². The molecule has 5 nitrogen and oxygen atoms in total. The Morgan fingerprint density at radius 3 is 2.76 bits per heavy atom. The zero-order valence-corrected chi connectivity index (χ0v) is 16.0. The summed E-state index contributed by atoms with van der Waals surface area (Å²) in [6, 6.07) is 8.48. The first-order valence-corrected chi connectivity index (χ1v) is 9.93. The number of carbonyl (C=O) groups is 1. The molecule has 1 aromatic heterocycles. The first-order chi connectivity index (χ1) is 12.2. The molecule has 2 aromatic rings. The lowest BCUT2D eigenvalue weighted by Crippen LogP contribution is -2.35. The SMILES string of the molecule is Cc1ccc(Cc2nsc(N3CCCN(C(=O)CCCl)CC3)n2)cc1. The fraction of sp³-hybridized carbons (Fsp3) is 0.500. The Labute approximate surface area is 157 Å². The van der Waals surface area contributed by atoms with Gasteiger partial charge in [0.1, 0.15) is 5.82 Å². The van der Waals surface area contributed by atoms with Gasteiger partial charge in [-0.2, -0.15) is 4.37 Å². The molecule has 3 rings (SSSR count). The van der Waals surface area contributed by atoms with E-state index in [2.05, 4.69) is 40.5 Å². The minimum Gasteiger partial charge on any atom is -0.345 e. The number of rotatable bonds is 5. The van der Waals surface area contributed by atoms with Crippen molar-refractivity contribution in [1.29, 1.82) is 0 Å². The Hall–Kier alpha value is -1.66. The molecule has 134 valence electrons. The van der Waals surface area contributed by atoms with Crippen LogP contribution in [0.3, 0.4) is 0 Å². The molecule has 1 aliphatic rings. The summed E-state index contributed by atoms with van der Waals surface area (Å²) in [5.74, 6) is 1.40. The lowest BCUT2D eigenvalue weighted by atomic mass is 10.1. The fourth-order valence-electron chi connectivity index (χ4n) is 2.93. The standard InChI is InChI=1S/C18H23ClN4OS/c1-14-3-5-15(6-4-14)13-16-20-18(25-21-16)23-10-2-9-22(11-12-23)17(24)7-8-19/h3-6H,2,7-13H2,1H3. The van der Waals surface area contributed by atoms with E-state index in [4.69, 9.17) is 16.6 Å². The number of aryl methyl sites for hydroxylation is 1. The van der Waals surface area contributed by atoms with Crippen LogP contribution in [0.2, 0.25) is 0 Å². The quantitative estimate of drug-likeness (QED) is 0.750. The molecule has 0 unspecified atom stereocenters. The van der Waals surface area contributed by atoms with Crippen molar-refractivity contribution in [3.63, 3.8) is 0 Å². The maximum atomic E-state index is 12.0. The first-order valence-electron chi connectivity index (χ1n) is 8.62. The van der Waals surface area contributed by atoms with Gasteiger partial charge in [0.25, 0.3) is 0 Å². The molecule has 1 fully saturated rings. The Balaban J connectivity index is 1.60. The number of nitrogens with zero attached hydrogens (tertiary/aromatic N) is 4. The third-order valence-electron chi connectivity index (χ3n) is 4.37. The van der Waals surface area contributed by atoms with E-state index in [0.29, 0.717) is 12.3 Å². The van der Waals surface area contributed by atoms with E-state index < -0.39 is 0 Å². The number of amides is 1. The number of alkyl halides is 1. The second-order valence-corrected chi connectivity index (χ2v) is 7.42. The van der Waals surface area contributed by atoms with Gasteiger partial charge in [0.05, 0.1) is 0 Å². The van der Waals surface area contributed by atoms with E-state index in [1.807, 2.05) is 4.90 Å². The number of anilines is 1. The summed E-state index contributed by atoms with van der Waals surface area (Å²) in [5, 5.41) is 0.953. The van der Waals surface area contributed by atoms with Crippen molar-refractivity contribution < 1.29 is 4.79 Å². The Morgan fingerprint density at radius 1 is 1.20 bits per heavy atom. The van der Waals surface area contributed by atoms with Crippen molar-refractivity contribution in [1.82, 2.24) is 14.3 Å². The second kappa shape index (κ2) is 8.63. The van der Waals surface area contributed by atoms with E-state index >= 15 is 0 Å². The molecule has 0 N–H and O–H groups in total. The number of hydrogen-bond donors (Lipinski definition) is 0. The third-order valence-corrected chi connectivity index (χ3v) is 5.37. The van der Waals surface area contributed by atoms with Gasteiger partial charge in [0.2, 0.25) is 11.0 Å². The summed E-state index contributed by atoms with van der Waals surface area (Å²) in [6.07, 6.45) is 2.12. The summed E-state index contributed by atoms with van der Waals surface area (Å²) in [6.45, 7) is 5.31. The molecular formula is C18H23ClN4OS. The molecule has 2 heterocycles. The van der Waals surface area contributed by atoms with Crippen LogP contribution in [0.4, 0.5) is 5.13 Å². The molecular weight excluding hydrogens is 356 g/mol. The van der Waals surface area contributed by atoms with Crippen molar-refractivity contribution in [2.24, 2.45) is 0 Å². The Morgan fingerprint density at radius 2 is 2.00 bits per heavy atom. The lowest BCUT2D eigenvalue weighted by Gasteiger charge is -2.21. The topological polar surface area (TPSA) is 49.3 Å². The second-order valence-electron chi connectivity index (χ2n) is 6.32. The zero-order valence-electron chi connectivity index (χ0n) is 14.4. The van der Waals surface area contributed by atoms with E-state index in [1.165, 1.54) is 22.7 Å². The molecule has 0 saturated carbocycles. The van der Waals surface area contributed by atoms with Gasteiger partial charge in [-0.3, -0.25) is 4.79 Å². The van der Waals surface area contributed by atoms with Crippen LogP contribution in [0.5, 0.6) is 0 Å². The van der Waals surface area contributed by atoms with E-state index in [1.54, 1.807) is 0 Å². The van der Waals surface area contributed by atoms with Crippen LogP contribution in [0, 0.1) is 6.92 Å². The highest BCUT2D eigenvalue weighted by atomic mass is 35.5. The van der Waals surface area contributed by atoms with Crippen LogP contribution in [-0.4, -0.2) is 52.2 Å². The average Bonchev–Trinajstić information content (AvgIpc) is 2.92. The van der Waals surface area contributed by atoms with Crippen molar-refractivity contribution in [2.75, 3.05) is 37.0 Å². The third kappa shape index (κ3) is 4.92. The van der Waals surface area contributed by atoms with Gasteiger partial charge in [0.15, 0.2) is 0 Å². The van der Waals surface area contributed by atoms with Gasteiger partial charge in [-0.25, -0.2) is 4.98 Å². The van der Waals surface area contributed by atoms with E-state index in [-0.39, 0.29) is 5.91 Å². The number of halogens is 1. The molecule has 25 heavy (non-hydrogen) atoms. The maximum Gasteiger partial charge on any atom is 0.223 e. The van der Waals surface area contributed by atoms with Gasteiger partial charge in [0, 0.05) is 56.4 Å². The van der Waals surface area contributed by atoms with Crippen molar-refractivity contribution in [3.05, 3.63) is 41.2 Å². The molecule has 0 radical (unpaired) electrons. The molecule has 1 amide bonds. The number of hydrogen-bond acceptors (Lipinski definition) is 5. The number of carbonyl (C=O) groups excluding carboxylic acids is 1. The van der Waals surface area contributed by atoms with Crippen molar-refractivity contribution >= 4 is 34.2 Å². The largest absolute Gasteiger partial charge is 0.345 e. The van der Waals surface area contributed by atoms with Crippen LogP contribution in [-0.2, 0) is 11.2 Å². The maximum absolute atomic E-state index is 12.0. The number of aromatic nitrogens is 2. The highest BCUT2D eigenvalue weighted by Gasteiger charge is 2.21. The molecule has 0 spiro atoms. The average molecular weight is 379 g/mol. The molecule has 0 bridgehead atoms. The van der Waals surface area contributed by atoms with Crippen LogP contribution < -0.4 is 4.90 Å². The van der Waals surface area contributed by atoms with E-state index in [9.17, 15) is 4.79 Å². The normalized spacial score (nSPS) is 15.3. The van der Waals surface area contributed by atoms with Gasteiger partial charge in [-0.05, 0) is 18.9 Å². The molecule has 7 heteroatoms. The first kappa shape index (κ1) is 18.1. The summed E-state index contributed by atoms with van der Waals surface area (Å²) in [4.78, 5) is 20.9. The Bertz CT molecular complexity index is 703. The van der Waals surface area contributed by atoms with Crippen molar-refractivity contribution in [3.8, 4) is 0 Å². The lowest BCUT2D eigenvalue weighted by molar-refractivity contribution is -0.130. The summed E-state index contributed by atoms with van der Waals surface area (Å²) >= 11 is 7.13. The highest BCUT2D eigenvalue weighted by molar-refractivity contribution is 7.09. The molecule has 1 saturated heterocycles. The predicted octanol–water partition coefficient (Wildman–Crippen LogP) is 3.10. The summed E-state index contributed by atoms with van der Waals surface area (Å²) in [7, 11) is 0. The minimum absolute atomic E-state index is 0.147. The van der Waals surface area contributed by atoms with Gasteiger partial charge < -0.3 is 9.80 Å². The molecule has 1 aliphatic heterocycles. The monoisotopic (exact) mass is 378 g/mol. The molecule has 1 aromatic carbocycles. The summed E-state index contributed by atoms with van der Waals surface area (Å²) in [5.41, 5.74) is 2.48. The summed E-state index contributed by atoms with van der Waals surface area (Å²) < 4.78 is 4.51. The molecule has 0 aliphatic carbocycles.